The number of carbonyl (C=O) groups excluding carboxylic acids is 1. The lowest BCUT2D eigenvalue weighted by atomic mass is 10.2. The van der Waals surface area contributed by atoms with Crippen LogP contribution in [-0.2, 0) is 11.2 Å². The maximum absolute atomic E-state index is 12.5. The molecule has 7 nitrogen and oxygen atoms in total. The minimum Gasteiger partial charge on any atom is -0.493 e. The van der Waals surface area contributed by atoms with Crippen LogP contribution in [0.4, 0.5) is 5.69 Å². The number of nitrogens with one attached hydrogen (secondary N) is 1. The molecule has 1 aliphatic rings. The molecule has 27 heavy (non-hydrogen) atoms. The van der Waals surface area contributed by atoms with Gasteiger partial charge >= 0.3 is 0 Å². The molecule has 2 heterocycles. The molecule has 1 amide bonds. The molecule has 0 saturated carbocycles. The number of ether oxygens (including phenoxy) is 2. The number of aryl methyl sites for hydroxylation is 1. The summed E-state index contributed by atoms with van der Waals surface area (Å²) in [5.41, 5.74) is 1.35. The van der Waals surface area contributed by atoms with Gasteiger partial charge in [0.1, 0.15) is 0 Å². The molecule has 0 saturated heterocycles. The molecular weight excluding hydrogens is 366 g/mol. The van der Waals surface area contributed by atoms with Crippen molar-refractivity contribution in [1.82, 2.24) is 9.55 Å². The second-order valence-corrected chi connectivity index (χ2v) is 7.26. The van der Waals surface area contributed by atoms with Gasteiger partial charge in [-0.05, 0) is 18.6 Å². The van der Waals surface area contributed by atoms with E-state index < -0.39 is 0 Å². The Kier molecular flexibility index (Phi) is 6.05. The van der Waals surface area contributed by atoms with Crippen molar-refractivity contribution < 1.29 is 14.3 Å². The number of nitrogens with zero attached hydrogens (tertiary/aromatic N) is 2. The number of amides is 1. The Morgan fingerprint density at radius 2 is 2.07 bits per heavy atom. The van der Waals surface area contributed by atoms with Gasteiger partial charge in [0.2, 0.25) is 5.91 Å². The van der Waals surface area contributed by atoms with E-state index in [1.165, 1.54) is 11.8 Å². The summed E-state index contributed by atoms with van der Waals surface area (Å²) in [4.78, 5) is 29.5. The van der Waals surface area contributed by atoms with Gasteiger partial charge in [0, 0.05) is 35.7 Å². The largest absolute Gasteiger partial charge is 0.493 e. The first kappa shape index (κ1) is 19.3. The van der Waals surface area contributed by atoms with Crippen LogP contribution >= 0.6 is 11.8 Å². The third-order valence-corrected chi connectivity index (χ3v) is 5.43. The van der Waals surface area contributed by atoms with Gasteiger partial charge in [-0.15, -0.1) is 0 Å². The van der Waals surface area contributed by atoms with Gasteiger partial charge < -0.3 is 14.8 Å². The SMILES string of the molecule is CCCc1cc(=O)n2c(n1)SCC2CC(=O)Nc1ccc(OC)c(OC)c1. The van der Waals surface area contributed by atoms with Crippen LogP contribution in [0.2, 0.25) is 0 Å². The Morgan fingerprint density at radius 3 is 2.78 bits per heavy atom. The van der Waals surface area contributed by atoms with E-state index in [1.807, 2.05) is 0 Å². The second kappa shape index (κ2) is 8.47. The molecule has 1 aliphatic heterocycles. The van der Waals surface area contributed by atoms with Crippen LogP contribution in [-0.4, -0.2) is 35.4 Å². The maximum Gasteiger partial charge on any atom is 0.254 e. The number of hydrogen-bond donors (Lipinski definition) is 1. The molecule has 1 aromatic heterocycles. The summed E-state index contributed by atoms with van der Waals surface area (Å²) in [6.07, 6.45) is 1.94. The monoisotopic (exact) mass is 389 g/mol. The van der Waals surface area contributed by atoms with Gasteiger partial charge in [-0.2, -0.15) is 0 Å². The van der Waals surface area contributed by atoms with Crippen molar-refractivity contribution in [1.29, 1.82) is 0 Å². The highest BCUT2D eigenvalue weighted by molar-refractivity contribution is 7.99. The molecule has 2 aromatic rings. The standard InChI is InChI=1S/C19H23N3O4S/c1-4-5-12-9-18(24)22-14(11-27-19(22)21-12)10-17(23)20-13-6-7-15(25-2)16(8-13)26-3/h6-9,14H,4-5,10-11H2,1-3H3,(H,20,23). The maximum atomic E-state index is 12.5. The van der Waals surface area contributed by atoms with Gasteiger partial charge in [0.05, 0.1) is 20.3 Å². The molecule has 1 aromatic carbocycles. The van der Waals surface area contributed by atoms with Crippen molar-refractivity contribution in [3.63, 3.8) is 0 Å². The van der Waals surface area contributed by atoms with Crippen molar-refractivity contribution >= 4 is 23.4 Å². The Bertz CT molecular complexity index is 897. The zero-order valence-electron chi connectivity index (χ0n) is 15.7. The van der Waals surface area contributed by atoms with Crippen LogP contribution in [0.3, 0.4) is 0 Å². The van der Waals surface area contributed by atoms with Crippen molar-refractivity contribution in [2.45, 2.75) is 37.4 Å². The fourth-order valence-corrected chi connectivity index (χ4v) is 4.24. The molecule has 0 fully saturated rings. The predicted molar refractivity (Wildman–Crippen MR) is 105 cm³/mol. The highest BCUT2D eigenvalue weighted by Crippen LogP contribution is 2.33. The predicted octanol–water partition coefficient (Wildman–Crippen LogP) is 2.89. The molecule has 0 bridgehead atoms. The Balaban J connectivity index is 1.71. The summed E-state index contributed by atoms with van der Waals surface area (Å²) < 4.78 is 12.1. The smallest absolute Gasteiger partial charge is 0.254 e. The number of thioether (sulfide) groups is 1. The Labute approximate surface area is 162 Å². The number of aromatic nitrogens is 2. The van der Waals surface area contributed by atoms with Gasteiger partial charge in [-0.1, -0.05) is 25.1 Å². The summed E-state index contributed by atoms with van der Waals surface area (Å²) in [5.74, 6) is 1.64. The number of rotatable bonds is 7. The first-order valence-electron chi connectivity index (χ1n) is 8.82. The van der Waals surface area contributed by atoms with Gasteiger partial charge in [-0.25, -0.2) is 4.98 Å². The molecule has 8 heteroatoms. The Hall–Kier alpha value is -2.48. The lowest BCUT2D eigenvalue weighted by Gasteiger charge is -2.14. The third-order valence-electron chi connectivity index (χ3n) is 4.34. The van der Waals surface area contributed by atoms with E-state index in [0.29, 0.717) is 28.1 Å². The van der Waals surface area contributed by atoms with Crippen LogP contribution in [0.1, 0.15) is 31.5 Å². The van der Waals surface area contributed by atoms with Crippen LogP contribution < -0.4 is 20.3 Å². The molecule has 3 rings (SSSR count). The second-order valence-electron chi connectivity index (χ2n) is 6.28. The quantitative estimate of drug-likeness (QED) is 0.733. The van der Waals surface area contributed by atoms with Crippen LogP contribution in [0.5, 0.6) is 11.5 Å². The normalized spacial score (nSPS) is 15.3. The van der Waals surface area contributed by atoms with Gasteiger partial charge in [0.25, 0.3) is 5.56 Å². The number of benzene rings is 1. The van der Waals surface area contributed by atoms with E-state index in [9.17, 15) is 9.59 Å². The van der Waals surface area contributed by atoms with E-state index in [2.05, 4.69) is 17.2 Å². The van der Waals surface area contributed by atoms with E-state index in [-0.39, 0.29) is 23.9 Å². The average molecular weight is 389 g/mol. The third kappa shape index (κ3) is 4.27. The molecule has 144 valence electrons. The summed E-state index contributed by atoms with van der Waals surface area (Å²) in [7, 11) is 3.10. The van der Waals surface area contributed by atoms with Crippen LogP contribution in [0.25, 0.3) is 0 Å². The average Bonchev–Trinajstić information content (AvgIpc) is 3.04. The summed E-state index contributed by atoms with van der Waals surface area (Å²) >= 11 is 1.52. The molecular formula is C19H23N3O4S. The molecule has 1 atom stereocenters. The highest BCUT2D eigenvalue weighted by Gasteiger charge is 2.27. The zero-order valence-corrected chi connectivity index (χ0v) is 16.5. The number of methoxy groups -OCH3 is 2. The fourth-order valence-electron chi connectivity index (χ4n) is 3.07. The van der Waals surface area contributed by atoms with Crippen molar-refractivity contribution in [2.24, 2.45) is 0 Å². The molecule has 0 spiro atoms. The number of fused-ring (bicyclic) bond motifs is 1. The van der Waals surface area contributed by atoms with Gasteiger partial charge in [-0.3, -0.25) is 14.2 Å². The number of carbonyl (C=O) groups is 1. The highest BCUT2D eigenvalue weighted by atomic mass is 32.2. The Morgan fingerprint density at radius 1 is 1.30 bits per heavy atom. The number of anilines is 1. The summed E-state index contributed by atoms with van der Waals surface area (Å²) in [6.45, 7) is 2.06. The topological polar surface area (TPSA) is 82.5 Å². The first-order chi connectivity index (χ1) is 13.0. The summed E-state index contributed by atoms with van der Waals surface area (Å²) in [6, 6.07) is 6.58. The minimum absolute atomic E-state index is 0.0858. The molecule has 0 aliphatic carbocycles. The van der Waals surface area contributed by atoms with Crippen LogP contribution in [0.15, 0.2) is 34.2 Å². The van der Waals surface area contributed by atoms with Crippen molar-refractivity contribution in [2.75, 3.05) is 25.3 Å². The van der Waals surface area contributed by atoms with E-state index >= 15 is 0 Å². The van der Waals surface area contributed by atoms with E-state index in [0.717, 1.165) is 18.5 Å². The number of hydrogen-bond acceptors (Lipinski definition) is 6. The van der Waals surface area contributed by atoms with Gasteiger partial charge in [0.15, 0.2) is 16.7 Å². The van der Waals surface area contributed by atoms with E-state index in [1.54, 1.807) is 43.1 Å². The minimum atomic E-state index is -0.194. The van der Waals surface area contributed by atoms with Crippen molar-refractivity contribution in [3.8, 4) is 11.5 Å². The summed E-state index contributed by atoms with van der Waals surface area (Å²) in [5, 5.41) is 3.56. The van der Waals surface area contributed by atoms with Crippen molar-refractivity contribution in [3.05, 3.63) is 40.3 Å². The zero-order chi connectivity index (χ0) is 19.4. The van der Waals surface area contributed by atoms with E-state index in [4.69, 9.17) is 9.47 Å². The molecule has 1 N–H and O–H groups in total. The lowest BCUT2D eigenvalue weighted by Crippen LogP contribution is -2.27. The molecule has 0 radical (unpaired) electrons. The fraction of sp³-hybridized carbons (Fsp3) is 0.421. The first-order valence-corrected chi connectivity index (χ1v) is 9.81. The molecule has 1 unspecified atom stereocenters. The lowest BCUT2D eigenvalue weighted by molar-refractivity contribution is -0.116. The van der Waals surface area contributed by atoms with Crippen LogP contribution in [0, 0.1) is 0 Å².